The first-order chi connectivity index (χ1) is 4.20. The SMILES string of the molecule is Cc1ccc([C@H](C)N)s1.Cl. The van der Waals surface area contributed by atoms with E-state index in [2.05, 4.69) is 19.1 Å². The maximum absolute atomic E-state index is 5.64. The third kappa shape index (κ3) is 2.29. The Morgan fingerprint density at radius 2 is 2.10 bits per heavy atom. The van der Waals surface area contributed by atoms with Crippen LogP contribution in [0.1, 0.15) is 22.7 Å². The third-order valence-electron chi connectivity index (χ3n) is 1.21. The van der Waals surface area contributed by atoms with Crippen LogP contribution in [0, 0.1) is 6.92 Å². The zero-order chi connectivity index (χ0) is 6.85. The van der Waals surface area contributed by atoms with E-state index in [1.165, 1.54) is 9.75 Å². The van der Waals surface area contributed by atoms with Crippen molar-refractivity contribution in [3.8, 4) is 0 Å². The topological polar surface area (TPSA) is 26.0 Å². The number of aryl methyl sites for hydroxylation is 1. The summed E-state index contributed by atoms with van der Waals surface area (Å²) in [7, 11) is 0. The summed E-state index contributed by atoms with van der Waals surface area (Å²) in [6, 6.07) is 4.39. The van der Waals surface area contributed by atoms with E-state index in [-0.39, 0.29) is 18.4 Å². The Kier molecular flexibility index (Phi) is 3.94. The maximum Gasteiger partial charge on any atom is 0.0361 e. The molecule has 1 aromatic rings. The van der Waals surface area contributed by atoms with Gasteiger partial charge in [-0.2, -0.15) is 0 Å². The second kappa shape index (κ2) is 3.96. The van der Waals surface area contributed by atoms with Crippen LogP contribution >= 0.6 is 23.7 Å². The van der Waals surface area contributed by atoms with E-state index in [1.54, 1.807) is 11.3 Å². The lowest BCUT2D eigenvalue weighted by Crippen LogP contribution is -2.01. The van der Waals surface area contributed by atoms with Crippen LogP contribution in [-0.2, 0) is 0 Å². The van der Waals surface area contributed by atoms with Crippen LogP contribution in [0.4, 0.5) is 0 Å². The summed E-state index contributed by atoms with van der Waals surface area (Å²) in [6.45, 7) is 4.10. The molecule has 1 nitrogen and oxygen atoms in total. The number of rotatable bonds is 1. The molecule has 1 aromatic heterocycles. The van der Waals surface area contributed by atoms with Gasteiger partial charge in [-0.1, -0.05) is 0 Å². The van der Waals surface area contributed by atoms with Crippen LogP contribution in [0.3, 0.4) is 0 Å². The Bertz CT molecular complexity index is 195. The highest BCUT2D eigenvalue weighted by Gasteiger charge is 1.99. The van der Waals surface area contributed by atoms with Crippen molar-refractivity contribution in [3.05, 3.63) is 21.9 Å². The zero-order valence-electron chi connectivity index (χ0n) is 6.13. The molecule has 2 N–H and O–H groups in total. The van der Waals surface area contributed by atoms with Gasteiger partial charge in [-0.3, -0.25) is 0 Å². The van der Waals surface area contributed by atoms with Gasteiger partial charge in [0, 0.05) is 15.8 Å². The summed E-state index contributed by atoms with van der Waals surface area (Å²) in [5, 5.41) is 0. The molecule has 0 radical (unpaired) electrons. The summed E-state index contributed by atoms with van der Waals surface area (Å²) < 4.78 is 0. The minimum Gasteiger partial charge on any atom is -0.324 e. The van der Waals surface area contributed by atoms with E-state index >= 15 is 0 Å². The van der Waals surface area contributed by atoms with Crippen molar-refractivity contribution in [1.82, 2.24) is 0 Å². The highest BCUT2D eigenvalue weighted by atomic mass is 35.5. The zero-order valence-corrected chi connectivity index (χ0v) is 7.76. The molecule has 3 heteroatoms. The molecule has 0 aliphatic rings. The molecule has 0 saturated heterocycles. The largest absolute Gasteiger partial charge is 0.324 e. The molecule has 0 saturated carbocycles. The van der Waals surface area contributed by atoms with Gasteiger partial charge in [0.15, 0.2) is 0 Å². The summed E-state index contributed by atoms with van der Waals surface area (Å²) in [6.07, 6.45) is 0. The first-order valence-electron chi connectivity index (χ1n) is 3.02. The van der Waals surface area contributed by atoms with Gasteiger partial charge in [0.1, 0.15) is 0 Å². The Morgan fingerprint density at radius 3 is 2.30 bits per heavy atom. The predicted octanol–water partition coefficient (Wildman–Crippen LogP) is 2.50. The van der Waals surface area contributed by atoms with Gasteiger partial charge in [0.05, 0.1) is 0 Å². The number of thiophene rings is 1. The molecule has 0 spiro atoms. The lowest BCUT2D eigenvalue weighted by molar-refractivity contribution is 0.838. The fraction of sp³-hybridized carbons (Fsp3) is 0.429. The van der Waals surface area contributed by atoms with E-state index in [1.807, 2.05) is 6.92 Å². The summed E-state index contributed by atoms with van der Waals surface area (Å²) >= 11 is 1.77. The minimum absolute atomic E-state index is 0. The lowest BCUT2D eigenvalue weighted by Gasteiger charge is -1.97. The summed E-state index contributed by atoms with van der Waals surface area (Å²) in [5.41, 5.74) is 5.64. The van der Waals surface area contributed by atoms with Crippen LogP contribution in [0.5, 0.6) is 0 Å². The number of hydrogen-bond donors (Lipinski definition) is 1. The van der Waals surface area contributed by atoms with Gasteiger partial charge in [0.25, 0.3) is 0 Å². The Hall–Kier alpha value is -0.0500. The van der Waals surface area contributed by atoms with Crippen molar-refractivity contribution in [2.45, 2.75) is 19.9 Å². The van der Waals surface area contributed by atoms with Crippen molar-refractivity contribution in [2.75, 3.05) is 0 Å². The van der Waals surface area contributed by atoms with Gasteiger partial charge >= 0.3 is 0 Å². The van der Waals surface area contributed by atoms with Crippen molar-refractivity contribution < 1.29 is 0 Å². The van der Waals surface area contributed by atoms with Gasteiger partial charge < -0.3 is 5.73 Å². The second-order valence-corrected chi connectivity index (χ2v) is 3.56. The Balaban J connectivity index is 0.000000810. The molecule has 0 aromatic carbocycles. The molecular formula is C7H12ClNS. The van der Waals surface area contributed by atoms with Crippen molar-refractivity contribution >= 4 is 23.7 Å². The first-order valence-corrected chi connectivity index (χ1v) is 3.83. The first kappa shape index (κ1) is 9.95. The molecular weight excluding hydrogens is 166 g/mol. The summed E-state index contributed by atoms with van der Waals surface area (Å²) in [4.78, 5) is 2.61. The molecule has 0 bridgehead atoms. The Labute approximate surface area is 71.7 Å². The van der Waals surface area contributed by atoms with Gasteiger partial charge in [0.2, 0.25) is 0 Å². The molecule has 10 heavy (non-hydrogen) atoms. The van der Waals surface area contributed by atoms with Crippen LogP contribution < -0.4 is 5.73 Å². The molecule has 0 fully saturated rings. The van der Waals surface area contributed by atoms with E-state index in [0.29, 0.717) is 0 Å². The van der Waals surface area contributed by atoms with Crippen molar-refractivity contribution in [3.63, 3.8) is 0 Å². The van der Waals surface area contributed by atoms with Crippen LogP contribution in [0.15, 0.2) is 12.1 Å². The molecule has 1 heterocycles. The normalized spacial score (nSPS) is 12.3. The van der Waals surface area contributed by atoms with Gasteiger partial charge in [-0.05, 0) is 26.0 Å². The van der Waals surface area contributed by atoms with E-state index in [4.69, 9.17) is 5.73 Å². The predicted molar refractivity (Wildman–Crippen MR) is 48.9 cm³/mol. The fourth-order valence-electron chi connectivity index (χ4n) is 0.698. The average Bonchev–Trinajstić information content (AvgIpc) is 2.14. The molecule has 0 aliphatic carbocycles. The van der Waals surface area contributed by atoms with E-state index < -0.39 is 0 Å². The average molecular weight is 178 g/mol. The number of hydrogen-bond acceptors (Lipinski definition) is 2. The third-order valence-corrected chi connectivity index (χ3v) is 2.41. The monoisotopic (exact) mass is 177 g/mol. The fourth-order valence-corrected chi connectivity index (χ4v) is 1.53. The Morgan fingerprint density at radius 1 is 1.50 bits per heavy atom. The maximum atomic E-state index is 5.64. The van der Waals surface area contributed by atoms with E-state index in [9.17, 15) is 0 Å². The smallest absolute Gasteiger partial charge is 0.0361 e. The lowest BCUT2D eigenvalue weighted by atomic mass is 10.3. The van der Waals surface area contributed by atoms with Crippen LogP contribution in [-0.4, -0.2) is 0 Å². The molecule has 0 amide bonds. The van der Waals surface area contributed by atoms with Gasteiger partial charge in [-0.25, -0.2) is 0 Å². The van der Waals surface area contributed by atoms with Crippen molar-refractivity contribution in [1.29, 1.82) is 0 Å². The molecule has 58 valence electrons. The second-order valence-electron chi connectivity index (χ2n) is 2.24. The standard InChI is InChI=1S/C7H11NS.ClH/c1-5-3-4-7(9-5)6(2)8;/h3-4,6H,8H2,1-2H3;1H/t6-;/m0./s1. The molecule has 1 rings (SSSR count). The highest BCUT2D eigenvalue weighted by Crippen LogP contribution is 2.19. The van der Waals surface area contributed by atoms with Crippen LogP contribution in [0.25, 0.3) is 0 Å². The number of nitrogens with two attached hydrogens (primary N) is 1. The molecule has 1 atom stereocenters. The molecule has 0 unspecified atom stereocenters. The summed E-state index contributed by atoms with van der Waals surface area (Å²) in [5.74, 6) is 0. The van der Waals surface area contributed by atoms with Crippen LogP contribution in [0.2, 0.25) is 0 Å². The van der Waals surface area contributed by atoms with E-state index in [0.717, 1.165) is 0 Å². The molecule has 0 aliphatic heterocycles. The minimum atomic E-state index is 0. The van der Waals surface area contributed by atoms with Crippen molar-refractivity contribution in [2.24, 2.45) is 5.73 Å². The number of halogens is 1. The quantitative estimate of drug-likeness (QED) is 0.701. The van der Waals surface area contributed by atoms with Gasteiger partial charge in [-0.15, -0.1) is 23.7 Å². The highest BCUT2D eigenvalue weighted by molar-refractivity contribution is 7.12.